The van der Waals surface area contributed by atoms with E-state index >= 15 is 0 Å². The number of anilines is 1. The van der Waals surface area contributed by atoms with Gasteiger partial charge in [0.05, 0.1) is 17.4 Å². The Balaban J connectivity index is 1.50. The highest BCUT2D eigenvalue weighted by Gasteiger charge is 2.03. The molecule has 3 aromatic rings. The Morgan fingerprint density at radius 1 is 1.18 bits per heavy atom. The van der Waals surface area contributed by atoms with Gasteiger partial charge in [-0.25, -0.2) is 14.2 Å². The zero-order chi connectivity index (χ0) is 15.4. The average molecular weight is 298 g/mol. The van der Waals surface area contributed by atoms with Crippen LogP contribution < -0.4 is 10.6 Å². The van der Waals surface area contributed by atoms with Gasteiger partial charge in [0, 0.05) is 12.2 Å². The number of imidazole rings is 1. The first-order valence-electron chi connectivity index (χ1n) is 6.93. The number of halogens is 1. The van der Waals surface area contributed by atoms with Crippen LogP contribution in [0.25, 0.3) is 11.0 Å². The Bertz CT molecular complexity index is 782. The summed E-state index contributed by atoms with van der Waals surface area (Å²) in [7, 11) is 0. The Hall–Kier alpha value is -2.89. The smallest absolute Gasteiger partial charge is 0.319 e. The highest BCUT2D eigenvalue weighted by atomic mass is 19.1. The van der Waals surface area contributed by atoms with E-state index in [2.05, 4.69) is 20.6 Å². The van der Waals surface area contributed by atoms with Crippen molar-refractivity contribution in [3.8, 4) is 0 Å². The number of benzene rings is 2. The lowest BCUT2D eigenvalue weighted by molar-refractivity contribution is 0.252. The number of amides is 2. The third-order valence-electron chi connectivity index (χ3n) is 3.29. The van der Waals surface area contributed by atoms with E-state index in [1.165, 1.54) is 12.1 Å². The Kier molecular flexibility index (Phi) is 4.00. The van der Waals surface area contributed by atoms with Crippen LogP contribution in [-0.4, -0.2) is 22.5 Å². The third kappa shape index (κ3) is 3.41. The lowest BCUT2D eigenvalue weighted by Crippen LogP contribution is -2.30. The lowest BCUT2D eigenvalue weighted by atomic mass is 10.1. The molecular formula is C16H15FN4O. The van der Waals surface area contributed by atoms with Crippen molar-refractivity contribution in [1.82, 2.24) is 15.3 Å². The van der Waals surface area contributed by atoms with Gasteiger partial charge in [0.2, 0.25) is 0 Å². The molecule has 2 amide bonds. The van der Waals surface area contributed by atoms with Gasteiger partial charge >= 0.3 is 6.03 Å². The molecule has 0 aliphatic carbocycles. The molecule has 0 saturated heterocycles. The number of carbonyl (C=O) groups is 1. The van der Waals surface area contributed by atoms with Gasteiger partial charge < -0.3 is 15.6 Å². The van der Waals surface area contributed by atoms with Crippen LogP contribution in [0.15, 0.2) is 48.8 Å². The quantitative estimate of drug-likeness (QED) is 0.693. The molecule has 0 radical (unpaired) electrons. The Morgan fingerprint density at radius 2 is 2.00 bits per heavy atom. The Morgan fingerprint density at radius 3 is 2.82 bits per heavy atom. The molecule has 6 heteroatoms. The highest BCUT2D eigenvalue weighted by molar-refractivity contribution is 5.91. The van der Waals surface area contributed by atoms with E-state index in [9.17, 15) is 9.18 Å². The molecule has 0 saturated carbocycles. The largest absolute Gasteiger partial charge is 0.345 e. The minimum atomic E-state index is -0.277. The average Bonchev–Trinajstić information content (AvgIpc) is 2.97. The second kappa shape index (κ2) is 6.26. The van der Waals surface area contributed by atoms with Crippen molar-refractivity contribution in [2.24, 2.45) is 0 Å². The standard InChI is InChI=1S/C16H15FN4O/c17-12-3-1-11(2-4-12)7-8-18-16(22)21-13-5-6-14-15(9-13)20-10-19-14/h1-6,9-10H,7-8H2,(H,19,20)(H2,18,21,22). The van der Waals surface area contributed by atoms with Crippen LogP contribution in [0.2, 0.25) is 0 Å². The predicted molar refractivity (Wildman–Crippen MR) is 83.2 cm³/mol. The summed E-state index contributed by atoms with van der Waals surface area (Å²) in [6, 6.07) is 11.4. The van der Waals surface area contributed by atoms with Gasteiger partial charge in [-0.1, -0.05) is 12.1 Å². The van der Waals surface area contributed by atoms with E-state index in [4.69, 9.17) is 0 Å². The van der Waals surface area contributed by atoms with Crippen LogP contribution in [0.4, 0.5) is 14.9 Å². The molecule has 3 rings (SSSR count). The number of carbonyl (C=O) groups excluding carboxylic acids is 1. The molecule has 0 fully saturated rings. The van der Waals surface area contributed by atoms with E-state index in [1.54, 1.807) is 24.5 Å². The number of aromatic nitrogens is 2. The maximum atomic E-state index is 12.8. The maximum absolute atomic E-state index is 12.8. The first-order chi connectivity index (χ1) is 10.7. The molecule has 0 aliphatic heterocycles. The van der Waals surface area contributed by atoms with Gasteiger partial charge in [0.25, 0.3) is 0 Å². The van der Waals surface area contributed by atoms with E-state index in [0.717, 1.165) is 16.6 Å². The summed E-state index contributed by atoms with van der Waals surface area (Å²) in [6.45, 7) is 0.476. The SMILES string of the molecule is O=C(NCCc1ccc(F)cc1)Nc1ccc2nc[nH]c2c1. The van der Waals surface area contributed by atoms with Crippen LogP contribution >= 0.6 is 0 Å². The molecule has 3 N–H and O–H groups in total. The van der Waals surface area contributed by atoms with Crippen molar-refractivity contribution in [2.75, 3.05) is 11.9 Å². The zero-order valence-corrected chi connectivity index (χ0v) is 11.8. The summed E-state index contributed by atoms with van der Waals surface area (Å²) in [4.78, 5) is 18.9. The number of fused-ring (bicyclic) bond motifs is 1. The number of H-pyrrole nitrogens is 1. The number of nitrogens with zero attached hydrogens (tertiary/aromatic N) is 1. The summed E-state index contributed by atoms with van der Waals surface area (Å²) in [5, 5.41) is 5.53. The summed E-state index contributed by atoms with van der Waals surface area (Å²) in [5.74, 6) is -0.261. The minimum absolute atomic E-state index is 0.261. The van der Waals surface area contributed by atoms with Crippen molar-refractivity contribution >= 4 is 22.8 Å². The van der Waals surface area contributed by atoms with Crippen molar-refractivity contribution in [2.45, 2.75) is 6.42 Å². The molecular weight excluding hydrogens is 283 g/mol. The fourth-order valence-corrected chi connectivity index (χ4v) is 2.16. The van der Waals surface area contributed by atoms with Crippen molar-refractivity contribution < 1.29 is 9.18 Å². The monoisotopic (exact) mass is 298 g/mol. The molecule has 2 aromatic carbocycles. The van der Waals surface area contributed by atoms with Gasteiger partial charge in [-0.2, -0.15) is 0 Å². The highest BCUT2D eigenvalue weighted by Crippen LogP contribution is 2.15. The molecule has 0 aliphatic rings. The summed E-state index contributed by atoms with van der Waals surface area (Å²) < 4.78 is 12.8. The second-order valence-corrected chi connectivity index (χ2v) is 4.89. The van der Waals surface area contributed by atoms with Crippen LogP contribution in [0.3, 0.4) is 0 Å². The number of rotatable bonds is 4. The normalized spacial score (nSPS) is 10.6. The fraction of sp³-hybridized carbons (Fsp3) is 0.125. The van der Waals surface area contributed by atoms with Crippen molar-refractivity contribution in [3.63, 3.8) is 0 Å². The first-order valence-corrected chi connectivity index (χ1v) is 6.93. The summed E-state index contributed by atoms with van der Waals surface area (Å²) >= 11 is 0. The number of urea groups is 1. The summed E-state index contributed by atoms with van der Waals surface area (Å²) in [6.07, 6.45) is 2.25. The van der Waals surface area contributed by atoms with E-state index < -0.39 is 0 Å². The van der Waals surface area contributed by atoms with Gasteiger partial charge in [-0.15, -0.1) is 0 Å². The van der Waals surface area contributed by atoms with Crippen LogP contribution in [0, 0.1) is 5.82 Å². The first kappa shape index (κ1) is 14.1. The van der Waals surface area contributed by atoms with Crippen LogP contribution in [0.5, 0.6) is 0 Å². The molecule has 0 spiro atoms. The molecule has 0 unspecified atom stereocenters. The molecule has 112 valence electrons. The molecule has 5 nitrogen and oxygen atoms in total. The predicted octanol–water partition coefficient (Wildman–Crippen LogP) is 3.07. The van der Waals surface area contributed by atoms with Gasteiger partial charge in [-0.3, -0.25) is 0 Å². The molecule has 1 aromatic heterocycles. The zero-order valence-electron chi connectivity index (χ0n) is 11.8. The third-order valence-corrected chi connectivity index (χ3v) is 3.29. The number of hydrogen-bond acceptors (Lipinski definition) is 2. The molecule has 0 atom stereocenters. The van der Waals surface area contributed by atoms with E-state index in [0.29, 0.717) is 18.7 Å². The van der Waals surface area contributed by atoms with Gasteiger partial charge in [0.15, 0.2) is 0 Å². The topological polar surface area (TPSA) is 69.8 Å². The lowest BCUT2D eigenvalue weighted by Gasteiger charge is -2.07. The Labute approximate surface area is 126 Å². The van der Waals surface area contributed by atoms with E-state index in [-0.39, 0.29) is 11.8 Å². The minimum Gasteiger partial charge on any atom is -0.345 e. The fourth-order valence-electron chi connectivity index (χ4n) is 2.16. The van der Waals surface area contributed by atoms with Crippen molar-refractivity contribution in [3.05, 3.63) is 60.2 Å². The van der Waals surface area contributed by atoms with Gasteiger partial charge in [-0.05, 0) is 42.3 Å². The van der Waals surface area contributed by atoms with Crippen molar-refractivity contribution in [1.29, 1.82) is 0 Å². The molecule has 0 bridgehead atoms. The maximum Gasteiger partial charge on any atom is 0.319 e. The molecule has 22 heavy (non-hydrogen) atoms. The van der Waals surface area contributed by atoms with Gasteiger partial charge in [0.1, 0.15) is 5.82 Å². The number of hydrogen-bond donors (Lipinski definition) is 3. The van der Waals surface area contributed by atoms with Crippen LogP contribution in [-0.2, 0) is 6.42 Å². The van der Waals surface area contributed by atoms with Crippen LogP contribution in [0.1, 0.15) is 5.56 Å². The summed E-state index contributed by atoms with van der Waals surface area (Å²) in [5.41, 5.74) is 3.38. The number of aromatic amines is 1. The van der Waals surface area contributed by atoms with E-state index in [1.807, 2.05) is 12.1 Å². The second-order valence-electron chi connectivity index (χ2n) is 4.89. The number of nitrogens with one attached hydrogen (secondary N) is 3. The molecule has 1 heterocycles.